The molecular formula is C11H11N3O. The van der Waals surface area contributed by atoms with E-state index in [4.69, 9.17) is 5.73 Å². The molecule has 0 atom stereocenters. The molecule has 2 N–H and O–H groups in total. The number of hydrogen-bond acceptors (Lipinski definition) is 3. The van der Waals surface area contributed by atoms with Crippen molar-refractivity contribution in [2.45, 2.75) is 13.8 Å². The Bertz CT molecular complexity index is 549. The van der Waals surface area contributed by atoms with E-state index < -0.39 is 5.91 Å². The van der Waals surface area contributed by atoms with Crippen LogP contribution < -0.4 is 5.73 Å². The van der Waals surface area contributed by atoms with Gasteiger partial charge in [-0.2, -0.15) is 0 Å². The van der Waals surface area contributed by atoms with Crippen LogP contribution in [0.3, 0.4) is 0 Å². The van der Waals surface area contributed by atoms with Crippen LogP contribution in [0.2, 0.25) is 0 Å². The first-order valence-electron chi connectivity index (χ1n) is 4.62. The summed E-state index contributed by atoms with van der Waals surface area (Å²) < 4.78 is 0. The molecule has 0 aromatic carbocycles. The van der Waals surface area contributed by atoms with Gasteiger partial charge in [0.25, 0.3) is 5.91 Å². The molecule has 4 heteroatoms. The Morgan fingerprint density at radius 2 is 2.07 bits per heavy atom. The van der Waals surface area contributed by atoms with Crippen LogP contribution in [0.25, 0.3) is 11.0 Å². The van der Waals surface area contributed by atoms with Gasteiger partial charge in [-0.3, -0.25) is 14.8 Å². The highest BCUT2D eigenvalue weighted by molar-refractivity contribution is 5.98. The van der Waals surface area contributed by atoms with E-state index in [9.17, 15) is 4.79 Å². The van der Waals surface area contributed by atoms with Crippen LogP contribution in [-0.2, 0) is 0 Å². The second kappa shape index (κ2) is 3.31. The largest absolute Gasteiger partial charge is 0.366 e. The molecule has 2 aromatic rings. The van der Waals surface area contributed by atoms with Gasteiger partial charge >= 0.3 is 0 Å². The summed E-state index contributed by atoms with van der Waals surface area (Å²) in [5.74, 6) is -0.467. The highest BCUT2D eigenvalue weighted by Crippen LogP contribution is 2.17. The van der Waals surface area contributed by atoms with Gasteiger partial charge in [-0.25, -0.2) is 0 Å². The summed E-state index contributed by atoms with van der Waals surface area (Å²) >= 11 is 0. The second-order valence-corrected chi connectivity index (χ2v) is 3.48. The maximum Gasteiger partial charge on any atom is 0.250 e. The number of primary amides is 1. The highest BCUT2D eigenvalue weighted by atomic mass is 16.1. The van der Waals surface area contributed by atoms with Gasteiger partial charge in [-0.1, -0.05) is 0 Å². The van der Waals surface area contributed by atoms with Crippen LogP contribution in [0.1, 0.15) is 21.6 Å². The molecule has 0 saturated carbocycles. The summed E-state index contributed by atoms with van der Waals surface area (Å²) in [5, 5.41) is 0. The number of amides is 1. The fourth-order valence-electron chi connectivity index (χ4n) is 1.54. The Kier molecular flexibility index (Phi) is 2.11. The smallest absolute Gasteiger partial charge is 0.250 e. The minimum Gasteiger partial charge on any atom is -0.366 e. The van der Waals surface area contributed by atoms with Crippen molar-refractivity contribution < 1.29 is 4.79 Å². The number of rotatable bonds is 1. The molecule has 0 spiro atoms. The van der Waals surface area contributed by atoms with Gasteiger partial charge in [-0.05, 0) is 31.5 Å². The summed E-state index contributed by atoms with van der Waals surface area (Å²) in [4.78, 5) is 19.6. The average Bonchev–Trinajstić information content (AvgIpc) is 2.19. The Labute approximate surface area is 87.1 Å². The Morgan fingerprint density at radius 3 is 2.73 bits per heavy atom. The zero-order chi connectivity index (χ0) is 11.0. The molecule has 0 fully saturated rings. The first-order chi connectivity index (χ1) is 7.09. The van der Waals surface area contributed by atoms with E-state index in [1.807, 2.05) is 26.0 Å². The van der Waals surface area contributed by atoms with Gasteiger partial charge in [0.05, 0.1) is 16.6 Å². The van der Waals surface area contributed by atoms with Crippen LogP contribution in [-0.4, -0.2) is 15.9 Å². The van der Waals surface area contributed by atoms with Gasteiger partial charge in [0, 0.05) is 11.9 Å². The number of carbonyl (C=O) groups is 1. The lowest BCUT2D eigenvalue weighted by Gasteiger charge is -2.05. The van der Waals surface area contributed by atoms with Crippen LogP contribution >= 0.6 is 0 Å². The fraction of sp³-hybridized carbons (Fsp3) is 0.182. The molecule has 2 rings (SSSR count). The Morgan fingerprint density at radius 1 is 1.33 bits per heavy atom. The van der Waals surface area contributed by atoms with Gasteiger partial charge in [0.2, 0.25) is 0 Å². The number of aryl methyl sites for hydroxylation is 2. The first kappa shape index (κ1) is 9.58. The van der Waals surface area contributed by atoms with Crippen molar-refractivity contribution in [3.05, 3.63) is 35.2 Å². The molecule has 0 unspecified atom stereocenters. The summed E-state index contributed by atoms with van der Waals surface area (Å²) in [6, 6.07) is 3.77. The van der Waals surface area contributed by atoms with E-state index in [1.165, 1.54) is 6.20 Å². The molecular weight excluding hydrogens is 190 g/mol. The average molecular weight is 201 g/mol. The van der Waals surface area contributed by atoms with Crippen molar-refractivity contribution in [2.75, 3.05) is 0 Å². The highest BCUT2D eigenvalue weighted by Gasteiger charge is 2.09. The number of aromatic nitrogens is 2. The number of nitrogens with two attached hydrogens (primary N) is 1. The van der Waals surface area contributed by atoms with Gasteiger partial charge < -0.3 is 5.73 Å². The third-order valence-corrected chi connectivity index (χ3v) is 2.37. The number of nitrogens with zero attached hydrogens (tertiary/aromatic N) is 2. The molecule has 2 heterocycles. The van der Waals surface area contributed by atoms with Crippen LogP contribution in [0.15, 0.2) is 18.3 Å². The molecule has 2 aromatic heterocycles. The Balaban J connectivity index is 2.82. The number of fused-ring (bicyclic) bond motifs is 1. The quantitative estimate of drug-likeness (QED) is 0.757. The van der Waals surface area contributed by atoms with E-state index in [2.05, 4.69) is 9.97 Å². The first-order valence-corrected chi connectivity index (χ1v) is 4.62. The lowest BCUT2D eigenvalue weighted by molar-refractivity contribution is 0.0999. The zero-order valence-electron chi connectivity index (χ0n) is 8.61. The predicted molar refractivity (Wildman–Crippen MR) is 57.5 cm³/mol. The Hall–Kier alpha value is -1.97. The molecule has 0 radical (unpaired) electrons. The molecule has 15 heavy (non-hydrogen) atoms. The minimum absolute atomic E-state index is 0.431. The molecule has 0 bridgehead atoms. The van der Waals surface area contributed by atoms with Crippen LogP contribution in [0, 0.1) is 13.8 Å². The summed E-state index contributed by atoms with van der Waals surface area (Å²) in [5.41, 5.74) is 8.88. The SMILES string of the molecule is Cc1ccc2ncc(C(N)=O)c(C)c2n1. The fourth-order valence-corrected chi connectivity index (χ4v) is 1.54. The molecule has 0 aliphatic heterocycles. The van der Waals surface area contributed by atoms with Gasteiger partial charge in [0.1, 0.15) is 0 Å². The molecule has 1 amide bonds. The number of pyridine rings is 2. The number of hydrogen-bond donors (Lipinski definition) is 1. The standard InChI is InChI=1S/C11H11N3O/c1-6-3-4-9-10(14-6)7(2)8(5-13-9)11(12)15/h3-5H,1-2H3,(H2,12,15). The summed E-state index contributed by atoms with van der Waals surface area (Å²) in [6.45, 7) is 3.73. The molecule has 0 aliphatic carbocycles. The second-order valence-electron chi connectivity index (χ2n) is 3.48. The van der Waals surface area contributed by atoms with Crippen molar-refractivity contribution >= 4 is 16.9 Å². The summed E-state index contributed by atoms with van der Waals surface area (Å²) in [7, 11) is 0. The molecule has 76 valence electrons. The van der Waals surface area contributed by atoms with E-state index in [-0.39, 0.29) is 0 Å². The van der Waals surface area contributed by atoms with Crippen molar-refractivity contribution in [2.24, 2.45) is 5.73 Å². The summed E-state index contributed by atoms with van der Waals surface area (Å²) in [6.07, 6.45) is 1.50. The zero-order valence-corrected chi connectivity index (χ0v) is 8.61. The van der Waals surface area contributed by atoms with Gasteiger partial charge in [-0.15, -0.1) is 0 Å². The maximum atomic E-state index is 11.1. The lowest BCUT2D eigenvalue weighted by atomic mass is 10.1. The molecule has 0 saturated heterocycles. The van der Waals surface area contributed by atoms with Crippen molar-refractivity contribution in [1.82, 2.24) is 9.97 Å². The van der Waals surface area contributed by atoms with E-state index in [1.54, 1.807) is 0 Å². The lowest BCUT2D eigenvalue weighted by Crippen LogP contribution is -2.13. The monoisotopic (exact) mass is 201 g/mol. The minimum atomic E-state index is -0.467. The van der Waals surface area contributed by atoms with Crippen LogP contribution in [0.5, 0.6) is 0 Å². The van der Waals surface area contributed by atoms with E-state index >= 15 is 0 Å². The van der Waals surface area contributed by atoms with Crippen LogP contribution in [0.4, 0.5) is 0 Å². The molecule has 4 nitrogen and oxygen atoms in total. The number of carbonyl (C=O) groups excluding carboxylic acids is 1. The maximum absolute atomic E-state index is 11.1. The van der Waals surface area contributed by atoms with E-state index in [0.717, 1.165) is 22.3 Å². The third kappa shape index (κ3) is 1.54. The van der Waals surface area contributed by atoms with Crippen molar-refractivity contribution in [3.8, 4) is 0 Å². The molecule has 0 aliphatic rings. The van der Waals surface area contributed by atoms with Crippen molar-refractivity contribution in [1.29, 1.82) is 0 Å². The van der Waals surface area contributed by atoms with Crippen molar-refractivity contribution in [3.63, 3.8) is 0 Å². The van der Waals surface area contributed by atoms with Gasteiger partial charge in [0.15, 0.2) is 0 Å². The topological polar surface area (TPSA) is 68.9 Å². The normalized spacial score (nSPS) is 10.5. The van der Waals surface area contributed by atoms with E-state index in [0.29, 0.717) is 5.56 Å². The predicted octanol–water partition coefficient (Wildman–Crippen LogP) is 1.35. The third-order valence-electron chi connectivity index (χ3n) is 2.37.